The lowest BCUT2D eigenvalue weighted by molar-refractivity contribution is -0.130. The molecule has 2 heteroatoms. The molecule has 0 unspecified atom stereocenters. The molecule has 1 aromatic carbocycles. The number of carboxylic acids is 1. The minimum atomic E-state index is -0.867. The SMILES string of the molecule is CC(C)=C(C(=O)O)c1ccc(C(C)(C)C)cc1. The molecule has 17 heavy (non-hydrogen) atoms. The van der Waals surface area contributed by atoms with Crippen molar-refractivity contribution in [2.45, 2.75) is 40.0 Å². The molecule has 0 atom stereocenters. The first kappa shape index (κ1) is 13.5. The number of rotatable bonds is 2. The van der Waals surface area contributed by atoms with Crippen molar-refractivity contribution in [1.82, 2.24) is 0 Å². The van der Waals surface area contributed by atoms with Gasteiger partial charge in [0.05, 0.1) is 5.57 Å². The smallest absolute Gasteiger partial charge is 0.336 e. The second-order valence-electron chi connectivity index (χ2n) is 5.51. The van der Waals surface area contributed by atoms with Crippen molar-refractivity contribution < 1.29 is 9.90 Å². The quantitative estimate of drug-likeness (QED) is 0.786. The summed E-state index contributed by atoms with van der Waals surface area (Å²) in [6.45, 7) is 10.1. The molecule has 2 nitrogen and oxygen atoms in total. The standard InChI is InChI=1S/C15H20O2/c1-10(2)13(14(16)17)11-6-8-12(9-7-11)15(3,4)5/h6-9H,1-5H3,(H,16,17). The van der Waals surface area contributed by atoms with Crippen molar-refractivity contribution in [3.05, 3.63) is 41.0 Å². The van der Waals surface area contributed by atoms with Gasteiger partial charge in [-0.2, -0.15) is 0 Å². The number of carbonyl (C=O) groups is 1. The molecule has 0 radical (unpaired) electrons. The van der Waals surface area contributed by atoms with Gasteiger partial charge in [0.25, 0.3) is 0 Å². The highest BCUT2D eigenvalue weighted by molar-refractivity contribution is 6.16. The second kappa shape index (κ2) is 4.74. The van der Waals surface area contributed by atoms with Crippen molar-refractivity contribution in [2.75, 3.05) is 0 Å². The first-order chi connectivity index (χ1) is 7.73. The fourth-order valence-corrected chi connectivity index (χ4v) is 1.76. The molecule has 0 bridgehead atoms. The predicted molar refractivity (Wildman–Crippen MR) is 71.0 cm³/mol. The molecule has 0 saturated carbocycles. The number of carboxylic acid groups (broad SMARTS) is 1. The maximum absolute atomic E-state index is 11.2. The molecule has 0 aliphatic rings. The van der Waals surface area contributed by atoms with Gasteiger partial charge < -0.3 is 5.11 Å². The molecule has 0 fully saturated rings. The van der Waals surface area contributed by atoms with E-state index in [2.05, 4.69) is 20.8 Å². The Kier molecular flexibility index (Phi) is 3.76. The lowest BCUT2D eigenvalue weighted by Crippen LogP contribution is -2.11. The lowest BCUT2D eigenvalue weighted by Gasteiger charge is -2.19. The van der Waals surface area contributed by atoms with Crippen LogP contribution in [0.3, 0.4) is 0 Å². The van der Waals surface area contributed by atoms with Crippen LogP contribution >= 0.6 is 0 Å². The van der Waals surface area contributed by atoms with E-state index in [1.807, 2.05) is 38.1 Å². The van der Waals surface area contributed by atoms with Gasteiger partial charge in [0, 0.05) is 0 Å². The molecule has 1 aromatic rings. The van der Waals surface area contributed by atoms with E-state index < -0.39 is 5.97 Å². The van der Waals surface area contributed by atoms with Gasteiger partial charge in [-0.3, -0.25) is 0 Å². The first-order valence-electron chi connectivity index (χ1n) is 5.75. The van der Waals surface area contributed by atoms with E-state index >= 15 is 0 Å². The molecule has 0 aliphatic carbocycles. The van der Waals surface area contributed by atoms with E-state index in [0.717, 1.165) is 11.1 Å². The van der Waals surface area contributed by atoms with Crippen LogP contribution in [0.5, 0.6) is 0 Å². The van der Waals surface area contributed by atoms with Crippen LogP contribution < -0.4 is 0 Å². The molecule has 1 N–H and O–H groups in total. The Morgan fingerprint density at radius 3 is 1.82 bits per heavy atom. The minimum absolute atomic E-state index is 0.0902. The van der Waals surface area contributed by atoms with Gasteiger partial charge in [0.2, 0.25) is 0 Å². The van der Waals surface area contributed by atoms with E-state index in [-0.39, 0.29) is 5.41 Å². The van der Waals surface area contributed by atoms with Crippen LogP contribution in [-0.2, 0) is 10.2 Å². The third-order valence-corrected chi connectivity index (χ3v) is 2.75. The lowest BCUT2D eigenvalue weighted by atomic mass is 9.86. The summed E-state index contributed by atoms with van der Waals surface area (Å²) < 4.78 is 0. The fourth-order valence-electron chi connectivity index (χ4n) is 1.76. The van der Waals surface area contributed by atoms with Crippen LogP contribution in [0.1, 0.15) is 45.7 Å². The zero-order valence-electron chi connectivity index (χ0n) is 11.2. The van der Waals surface area contributed by atoms with Gasteiger partial charge in [0.1, 0.15) is 0 Å². The molecular formula is C15H20O2. The molecule has 0 aromatic heterocycles. The highest BCUT2D eigenvalue weighted by atomic mass is 16.4. The summed E-state index contributed by atoms with van der Waals surface area (Å²) in [5, 5.41) is 9.17. The highest BCUT2D eigenvalue weighted by Crippen LogP contribution is 2.25. The second-order valence-corrected chi connectivity index (χ2v) is 5.51. The summed E-state index contributed by atoms with van der Waals surface area (Å²) in [4.78, 5) is 11.2. The Balaban J connectivity index is 3.19. The normalized spacial score (nSPS) is 11.1. The monoisotopic (exact) mass is 232 g/mol. The van der Waals surface area contributed by atoms with Crippen LogP contribution in [-0.4, -0.2) is 11.1 Å². The largest absolute Gasteiger partial charge is 0.478 e. The molecule has 0 heterocycles. The summed E-state index contributed by atoms with van der Waals surface area (Å²) >= 11 is 0. The maximum Gasteiger partial charge on any atom is 0.336 e. The van der Waals surface area contributed by atoms with Gasteiger partial charge in [-0.15, -0.1) is 0 Å². The summed E-state index contributed by atoms with van der Waals surface area (Å²) in [5.74, 6) is -0.867. The number of hydrogen-bond donors (Lipinski definition) is 1. The first-order valence-corrected chi connectivity index (χ1v) is 5.75. The van der Waals surface area contributed by atoms with Crippen LogP contribution in [0.15, 0.2) is 29.8 Å². The van der Waals surface area contributed by atoms with E-state index in [9.17, 15) is 4.79 Å². The van der Waals surface area contributed by atoms with Crippen molar-refractivity contribution in [1.29, 1.82) is 0 Å². The third kappa shape index (κ3) is 3.19. The molecule has 0 spiro atoms. The van der Waals surface area contributed by atoms with E-state index in [4.69, 9.17) is 5.11 Å². The molecule has 1 rings (SSSR count). The third-order valence-electron chi connectivity index (χ3n) is 2.75. The summed E-state index contributed by atoms with van der Waals surface area (Å²) in [6.07, 6.45) is 0. The van der Waals surface area contributed by atoms with Crippen LogP contribution in [0.25, 0.3) is 5.57 Å². The molecular weight excluding hydrogens is 212 g/mol. The van der Waals surface area contributed by atoms with Crippen LogP contribution in [0.2, 0.25) is 0 Å². The predicted octanol–water partition coefficient (Wildman–Crippen LogP) is 3.86. The minimum Gasteiger partial charge on any atom is -0.478 e. The average molecular weight is 232 g/mol. The fraction of sp³-hybridized carbons (Fsp3) is 0.400. The van der Waals surface area contributed by atoms with E-state index in [0.29, 0.717) is 5.57 Å². The number of hydrogen-bond acceptors (Lipinski definition) is 1. The Morgan fingerprint density at radius 2 is 1.53 bits per heavy atom. The number of allylic oxidation sites excluding steroid dienone is 1. The van der Waals surface area contributed by atoms with Crippen molar-refractivity contribution >= 4 is 11.5 Å². The van der Waals surface area contributed by atoms with E-state index in [1.54, 1.807) is 0 Å². The summed E-state index contributed by atoms with van der Waals surface area (Å²) in [5.41, 5.74) is 3.28. The highest BCUT2D eigenvalue weighted by Gasteiger charge is 2.15. The molecule has 0 aliphatic heterocycles. The zero-order valence-corrected chi connectivity index (χ0v) is 11.2. The average Bonchev–Trinajstić information content (AvgIpc) is 2.15. The zero-order chi connectivity index (χ0) is 13.2. The summed E-state index contributed by atoms with van der Waals surface area (Å²) in [7, 11) is 0. The molecule has 92 valence electrons. The van der Waals surface area contributed by atoms with E-state index in [1.165, 1.54) is 5.56 Å². The molecule has 0 saturated heterocycles. The Labute approximate surface area is 103 Å². The number of aliphatic carboxylic acids is 1. The topological polar surface area (TPSA) is 37.3 Å². The van der Waals surface area contributed by atoms with Gasteiger partial charge in [-0.1, -0.05) is 50.6 Å². The molecule has 0 amide bonds. The van der Waals surface area contributed by atoms with Gasteiger partial charge in [0.15, 0.2) is 0 Å². The van der Waals surface area contributed by atoms with Crippen LogP contribution in [0, 0.1) is 0 Å². The summed E-state index contributed by atoms with van der Waals surface area (Å²) in [6, 6.07) is 7.77. The Morgan fingerprint density at radius 1 is 1.06 bits per heavy atom. The van der Waals surface area contributed by atoms with Gasteiger partial charge in [-0.05, 0) is 30.4 Å². The van der Waals surface area contributed by atoms with Crippen LogP contribution in [0.4, 0.5) is 0 Å². The van der Waals surface area contributed by atoms with Crippen molar-refractivity contribution in [2.24, 2.45) is 0 Å². The number of benzene rings is 1. The van der Waals surface area contributed by atoms with Crippen molar-refractivity contribution in [3.63, 3.8) is 0 Å². The Bertz CT molecular complexity index is 441. The maximum atomic E-state index is 11.2. The Hall–Kier alpha value is -1.57. The van der Waals surface area contributed by atoms with Crippen molar-refractivity contribution in [3.8, 4) is 0 Å². The van der Waals surface area contributed by atoms with Gasteiger partial charge >= 0.3 is 5.97 Å². The van der Waals surface area contributed by atoms with Gasteiger partial charge in [-0.25, -0.2) is 4.79 Å².